The zero-order valence-electron chi connectivity index (χ0n) is 11.2. The van der Waals surface area contributed by atoms with Crippen LogP contribution in [0.2, 0.25) is 0 Å². The first-order valence-electron chi connectivity index (χ1n) is 7.16. The van der Waals surface area contributed by atoms with Gasteiger partial charge in [-0.15, -0.1) is 11.3 Å². The Morgan fingerprint density at radius 3 is 2.95 bits per heavy atom. The molecule has 1 atom stereocenters. The number of anilines is 1. The molecular weight excluding hydrogens is 270 g/mol. The van der Waals surface area contributed by atoms with Crippen LogP contribution in [0.1, 0.15) is 12.8 Å². The SMILES string of the molecule is O=C(Nc1ccc2ncsc2c1)[C@H]1CN2CCC1CC2. The van der Waals surface area contributed by atoms with Crippen molar-refractivity contribution in [2.45, 2.75) is 12.8 Å². The lowest BCUT2D eigenvalue weighted by molar-refractivity contribution is -0.125. The summed E-state index contributed by atoms with van der Waals surface area (Å²) < 4.78 is 1.12. The zero-order chi connectivity index (χ0) is 13.5. The van der Waals surface area contributed by atoms with Crippen LogP contribution in [0.3, 0.4) is 0 Å². The topological polar surface area (TPSA) is 45.2 Å². The minimum Gasteiger partial charge on any atom is -0.326 e. The van der Waals surface area contributed by atoms with Gasteiger partial charge in [-0.25, -0.2) is 4.98 Å². The summed E-state index contributed by atoms with van der Waals surface area (Å²) in [6, 6.07) is 5.94. The summed E-state index contributed by atoms with van der Waals surface area (Å²) in [7, 11) is 0. The standard InChI is InChI=1S/C15H17N3OS/c19-15(12-8-18-5-3-10(12)4-6-18)17-11-1-2-13-14(7-11)20-9-16-13/h1-2,7,9-10,12H,3-6,8H2,(H,17,19)/t12-/m0/s1. The van der Waals surface area contributed by atoms with Crippen molar-refractivity contribution in [3.63, 3.8) is 0 Å². The van der Waals surface area contributed by atoms with Gasteiger partial charge in [0.2, 0.25) is 5.91 Å². The van der Waals surface area contributed by atoms with E-state index in [2.05, 4.69) is 15.2 Å². The molecule has 5 rings (SSSR count). The molecule has 3 aliphatic heterocycles. The first-order chi connectivity index (χ1) is 9.79. The second-order valence-electron chi connectivity index (χ2n) is 5.77. The number of aromatic nitrogens is 1. The van der Waals surface area contributed by atoms with Crippen LogP contribution in [0.25, 0.3) is 10.2 Å². The molecule has 0 spiro atoms. The van der Waals surface area contributed by atoms with Gasteiger partial charge in [-0.2, -0.15) is 0 Å². The predicted molar refractivity (Wildman–Crippen MR) is 80.9 cm³/mol. The number of piperidine rings is 3. The van der Waals surface area contributed by atoms with E-state index in [1.807, 2.05) is 23.7 Å². The Labute approximate surface area is 121 Å². The lowest BCUT2D eigenvalue weighted by Crippen LogP contribution is -2.51. The monoisotopic (exact) mass is 287 g/mol. The van der Waals surface area contributed by atoms with Gasteiger partial charge in [0, 0.05) is 12.2 Å². The molecule has 2 bridgehead atoms. The highest BCUT2D eigenvalue weighted by atomic mass is 32.1. The lowest BCUT2D eigenvalue weighted by Gasteiger charge is -2.43. The van der Waals surface area contributed by atoms with E-state index < -0.39 is 0 Å². The van der Waals surface area contributed by atoms with Crippen LogP contribution < -0.4 is 5.32 Å². The number of benzene rings is 1. The number of thiazole rings is 1. The van der Waals surface area contributed by atoms with Crippen molar-refractivity contribution in [2.24, 2.45) is 11.8 Å². The van der Waals surface area contributed by atoms with Gasteiger partial charge in [0.05, 0.1) is 21.6 Å². The fourth-order valence-corrected chi connectivity index (χ4v) is 4.15. The number of rotatable bonds is 2. The van der Waals surface area contributed by atoms with Crippen molar-refractivity contribution in [1.82, 2.24) is 9.88 Å². The number of carbonyl (C=O) groups is 1. The van der Waals surface area contributed by atoms with E-state index in [0.29, 0.717) is 5.92 Å². The number of carbonyl (C=O) groups excluding carboxylic acids is 1. The average molecular weight is 287 g/mol. The van der Waals surface area contributed by atoms with Gasteiger partial charge in [0.1, 0.15) is 0 Å². The van der Waals surface area contributed by atoms with Crippen LogP contribution in [-0.2, 0) is 4.79 Å². The highest BCUT2D eigenvalue weighted by Crippen LogP contribution is 2.33. The molecule has 5 heteroatoms. The Hall–Kier alpha value is -1.46. The van der Waals surface area contributed by atoms with Crippen LogP contribution in [0.5, 0.6) is 0 Å². The summed E-state index contributed by atoms with van der Waals surface area (Å²) in [4.78, 5) is 19.2. The summed E-state index contributed by atoms with van der Waals surface area (Å²) in [5.74, 6) is 0.921. The van der Waals surface area contributed by atoms with E-state index in [-0.39, 0.29) is 11.8 Å². The van der Waals surface area contributed by atoms with Crippen LogP contribution in [-0.4, -0.2) is 35.4 Å². The normalized spacial score (nSPS) is 28.7. The predicted octanol–water partition coefficient (Wildman–Crippen LogP) is 2.58. The molecule has 4 heterocycles. The summed E-state index contributed by atoms with van der Waals surface area (Å²) >= 11 is 1.61. The molecule has 20 heavy (non-hydrogen) atoms. The molecule has 1 N–H and O–H groups in total. The molecule has 3 aliphatic rings. The van der Waals surface area contributed by atoms with E-state index >= 15 is 0 Å². The Kier molecular flexibility index (Phi) is 2.97. The van der Waals surface area contributed by atoms with Crippen LogP contribution in [0.15, 0.2) is 23.7 Å². The van der Waals surface area contributed by atoms with E-state index in [1.165, 1.54) is 25.9 Å². The van der Waals surface area contributed by atoms with Crippen molar-refractivity contribution < 1.29 is 4.79 Å². The Morgan fingerprint density at radius 2 is 2.20 bits per heavy atom. The Morgan fingerprint density at radius 1 is 1.35 bits per heavy atom. The number of nitrogens with zero attached hydrogens (tertiary/aromatic N) is 2. The quantitative estimate of drug-likeness (QED) is 0.923. The third kappa shape index (κ3) is 2.11. The van der Waals surface area contributed by atoms with Gasteiger partial charge in [-0.1, -0.05) is 0 Å². The highest BCUT2D eigenvalue weighted by Gasteiger charge is 2.38. The van der Waals surface area contributed by atoms with Crippen LogP contribution >= 0.6 is 11.3 Å². The number of amides is 1. The van der Waals surface area contributed by atoms with Gasteiger partial charge < -0.3 is 10.2 Å². The van der Waals surface area contributed by atoms with Crippen molar-refractivity contribution in [3.8, 4) is 0 Å². The van der Waals surface area contributed by atoms with Crippen molar-refractivity contribution >= 4 is 33.1 Å². The molecule has 0 unspecified atom stereocenters. The van der Waals surface area contributed by atoms with Crippen molar-refractivity contribution in [1.29, 1.82) is 0 Å². The molecule has 3 fully saturated rings. The van der Waals surface area contributed by atoms with Crippen molar-refractivity contribution in [2.75, 3.05) is 25.0 Å². The molecule has 0 saturated carbocycles. The summed E-state index contributed by atoms with van der Waals surface area (Å²) in [5.41, 5.74) is 3.72. The second kappa shape index (κ2) is 4.82. The molecule has 1 amide bonds. The third-order valence-electron chi connectivity index (χ3n) is 4.59. The number of hydrogen-bond acceptors (Lipinski definition) is 4. The summed E-state index contributed by atoms with van der Waals surface area (Å²) in [6.45, 7) is 3.27. The zero-order valence-corrected chi connectivity index (χ0v) is 12.0. The van der Waals surface area contributed by atoms with Crippen LogP contribution in [0.4, 0.5) is 5.69 Å². The first-order valence-corrected chi connectivity index (χ1v) is 8.04. The maximum Gasteiger partial charge on any atom is 0.229 e. The fourth-order valence-electron chi connectivity index (χ4n) is 3.43. The number of hydrogen-bond donors (Lipinski definition) is 1. The summed E-state index contributed by atoms with van der Waals surface area (Å²) in [5, 5.41) is 3.09. The van der Waals surface area contributed by atoms with Gasteiger partial charge >= 0.3 is 0 Å². The van der Waals surface area contributed by atoms with E-state index in [9.17, 15) is 4.79 Å². The average Bonchev–Trinajstić information content (AvgIpc) is 2.96. The maximum atomic E-state index is 12.5. The number of fused-ring (bicyclic) bond motifs is 4. The summed E-state index contributed by atoms with van der Waals surface area (Å²) in [6.07, 6.45) is 2.35. The van der Waals surface area contributed by atoms with Gasteiger partial charge in [0.25, 0.3) is 0 Å². The second-order valence-corrected chi connectivity index (χ2v) is 6.65. The molecule has 1 aromatic carbocycles. The molecular formula is C15H17N3OS. The van der Waals surface area contributed by atoms with Gasteiger partial charge in [0.15, 0.2) is 0 Å². The minimum absolute atomic E-state index is 0.162. The molecule has 4 nitrogen and oxygen atoms in total. The minimum atomic E-state index is 0.162. The molecule has 0 aliphatic carbocycles. The molecule has 0 radical (unpaired) electrons. The van der Waals surface area contributed by atoms with E-state index in [0.717, 1.165) is 22.4 Å². The first kappa shape index (κ1) is 12.3. The Balaban J connectivity index is 1.51. The largest absolute Gasteiger partial charge is 0.326 e. The lowest BCUT2D eigenvalue weighted by atomic mass is 9.78. The highest BCUT2D eigenvalue weighted by molar-refractivity contribution is 7.16. The van der Waals surface area contributed by atoms with Crippen molar-refractivity contribution in [3.05, 3.63) is 23.7 Å². The smallest absolute Gasteiger partial charge is 0.229 e. The molecule has 2 aromatic rings. The third-order valence-corrected chi connectivity index (χ3v) is 5.38. The fraction of sp³-hybridized carbons (Fsp3) is 0.467. The van der Waals surface area contributed by atoms with Gasteiger partial charge in [-0.05, 0) is 50.0 Å². The number of nitrogens with one attached hydrogen (secondary N) is 1. The van der Waals surface area contributed by atoms with E-state index in [1.54, 1.807) is 11.3 Å². The molecule has 1 aromatic heterocycles. The molecule has 104 valence electrons. The molecule has 3 saturated heterocycles. The van der Waals surface area contributed by atoms with Gasteiger partial charge in [-0.3, -0.25) is 4.79 Å². The van der Waals surface area contributed by atoms with Crippen LogP contribution in [0, 0.1) is 11.8 Å². The Bertz CT molecular complexity index is 645. The van der Waals surface area contributed by atoms with E-state index in [4.69, 9.17) is 0 Å². The maximum absolute atomic E-state index is 12.5.